The summed E-state index contributed by atoms with van der Waals surface area (Å²) in [5.41, 5.74) is 3.70. The molecule has 1 fully saturated rings. The van der Waals surface area contributed by atoms with E-state index in [1.54, 1.807) is 6.07 Å². The third-order valence-corrected chi connectivity index (χ3v) is 6.34. The van der Waals surface area contributed by atoms with Gasteiger partial charge >= 0.3 is 0 Å². The number of aryl methyl sites for hydroxylation is 2. The second kappa shape index (κ2) is 10.0. The molecule has 1 nitrogen and oxygen atoms in total. The normalized spacial score (nSPS) is 20.0. The van der Waals surface area contributed by atoms with Gasteiger partial charge in [-0.2, -0.15) is 0 Å². The molecule has 0 N–H and O–H groups in total. The number of hydrogen-bond acceptors (Lipinski definition) is 1. The lowest BCUT2D eigenvalue weighted by Crippen LogP contribution is -2.14. The molecule has 0 bridgehead atoms. The van der Waals surface area contributed by atoms with Crippen molar-refractivity contribution >= 4 is 0 Å². The maximum Gasteiger partial charge on any atom is 0.132 e. The average molecular weight is 368 g/mol. The van der Waals surface area contributed by atoms with Crippen LogP contribution in [0.3, 0.4) is 0 Å². The first-order valence-corrected chi connectivity index (χ1v) is 10.9. The largest absolute Gasteiger partial charge is 0.256 e. The molecule has 0 atom stereocenters. The van der Waals surface area contributed by atoms with Crippen LogP contribution in [0.25, 0.3) is 11.3 Å². The SMILES string of the molecule is CCCCc1ccc(-c2ccc(CCC3CCC(CC)CC3)cc2F)nc1. The van der Waals surface area contributed by atoms with E-state index in [9.17, 15) is 4.39 Å². The van der Waals surface area contributed by atoms with Gasteiger partial charge in [-0.1, -0.05) is 64.5 Å². The monoisotopic (exact) mass is 367 g/mol. The molecule has 0 radical (unpaired) electrons. The lowest BCUT2D eigenvalue weighted by atomic mass is 9.78. The first kappa shape index (κ1) is 20.0. The van der Waals surface area contributed by atoms with E-state index in [1.165, 1.54) is 56.9 Å². The van der Waals surface area contributed by atoms with Crippen LogP contribution >= 0.6 is 0 Å². The van der Waals surface area contributed by atoms with Crippen molar-refractivity contribution < 1.29 is 4.39 Å². The molecule has 1 aliphatic rings. The summed E-state index contributed by atoms with van der Waals surface area (Å²) in [6.45, 7) is 4.50. The fourth-order valence-electron chi connectivity index (χ4n) is 4.33. The Hall–Kier alpha value is -1.70. The molecule has 27 heavy (non-hydrogen) atoms. The Morgan fingerprint density at radius 3 is 2.30 bits per heavy atom. The predicted molar refractivity (Wildman–Crippen MR) is 112 cm³/mol. The van der Waals surface area contributed by atoms with Crippen LogP contribution < -0.4 is 0 Å². The van der Waals surface area contributed by atoms with E-state index in [4.69, 9.17) is 0 Å². The van der Waals surface area contributed by atoms with Crippen LogP contribution in [0.5, 0.6) is 0 Å². The second-order valence-corrected chi connectivity index (χ2v) is 8.30. The molecular weight excluding hydrogens is 333 g/mol. The van der Waals surface area contributed by atoms with Crippen LogP contribution in [-0.2, 0) is 12.8 Å². The molecule has 0 unspecified atom stereocenters. The molecule has 146 valence electrons. The minimum atomic E-state index is -0.143. The van der Waals surface area contributed by atoms with Gasteiger partial charge in [0.05, 0.1) is 5.69 Å². The summed E-state index contributed by atoms with van der Waals surface area (Å²) in [6.07, 6.45) is 14.3. The van der Waals surface area contributed by atoms with Crippen LogP contribution in [0, 0.1) is 17.7 Å². The highest BCUT2D eigenvalue weighted by Crippen LogP contribution is 2.33. The highest BCUT2D eigenvalue weighted by Gasteiger charge is 2.19. The Morgan fingerprint density at radius 2 is 1.67 bits per heavy atom. The highest BCUT2D eigenvalue weighted by atomic mass is 19.1. The lowest BCUT2D eigenvalue weighted by Gasteiger charge is -2.27. The molecule has 1 aromatic heterocycles. The van der Waals surface area contributed by atoms with Crippen LogP contribution in [0.15, 0.2) is 36.5 Å². The van der Waals surface area contributed by atoms with Crippen molar-refractivity contribution in [3.05, 3.63) is 53.5 Å². The van der Waals surface area contributed by atoms with Crippen LogP contribution in [0.4, 0.5) is 4.39 Å². The molecule has 2 aromatic rings. The number of nitrogens with zero attached hydrogens (tertiary/aromatic N) is 1. The molecule has 3 rings (SSSR count). The Morgan fingerprint density at radius 1 is 0.926 bits per heavy atom. The molecule has 0 saturated heterocycles. The zero-order chi connectivity index (χ0) is 19.1. The van der Waals surface area contributed by atoms with Crippen LogP contribution in [0.2, 0.25) is 0 Å². The van der Waals surface area contributed by atoms with Gasteiger partial charge in [-0.05, 0) is 66.8 Å². The summed E-state index contributed by atoms with van der Waals surface area (Å²) >= 11 is 0. The molecule has 1 saturated carbocycles. The summed E-state index contributed by atoms with van der Waals surface area (Å²) in [4.78, 5) is 4.49. The second-order valence-electron chi connectivity index (χ2n) is 8.30. The minimum absolute atomic E-state index is 0.143. The van der Waals surface area contributed by atoms with Crippen LogP contribution in [0.1, 0.15) is 76.3 Å². The zero-order valence-corrected chi connectivity index (χ0v) is 17.0. The molecular formula is C25H34FN. The van der Waals surface area contributed by atoms with E-state index in [-0.39, 0.29) is 5.82 Å². The fraction of sp³-hybridized carbons (Fsp3) is 0.560. The minimum Gasteiger partial charge on any atom is -0.256 e. The number of pyridine rings is 1. The van der Waals surface area contributed by atoms with Crippen LogP contribution in [-0.4, -0.2) is 4.98 Å². The standard InChI is InChI=1S/C25H34FN/c1-3-5-6-22-14-16-25(27-18-22)23-15-13-21(17-24(23)26)12-11-20-9-7-19(4-2)8-10-20/h13-20H,3-12H2,1-2H3. The zero-order valence-electron chi connectivity index (χ0n) is 17.0. The number of unbranched alkanes of at least 4 members (excludes halogenated alkanes) is 1. The third kappa shape index (κ3) is 5.64. The van der Waals surface area contributed by atoms with Gasteiger partial charge in [0.25, 0.3) is 0 Å². The van der Waals surface area contributed by atoms with Gasteiger partial charge in [0.15, 0.2) is 0 Å². The quantitative estimate of drug-likeness (QED) is 0.474. The number of benzene rings is 1. The fourth-order valence-corrected chi connectivity index (χ4v) is 4.33. The maximum absolute atomic E-state index is 14.7. The lowest BCUT2D eigenvalue weighted by molar-refractivity contribution is 0.259. The number of hydrogen-bond donors (Lipinski definition) is 0. The predicted octanol–water partition coefficient (Wildman–Crippen LogP) is 7.38. The first-order chi connectivity index (χ1) is 13.2. The third-order valence-electron chi connectivity index (χ3n) is 6.34. The summed E-state index contributed by atoms with van der Waals surface area (Å²) < 4.78 is 14.7. The summed E-state index contributed by atoms with van der Waals surface area (Å²) in [5.74, 6) is 1.63. The number of halogens is 1. The smallest absolute Gasteiger partial charge is 0.132 e. The van der Waals surface area contributed by atoms with Crippen molar-refractivity contribution in [2.24, 2.45) is 11.8 Å². The Labute approximate surface area is 164 Å². The van der Waals surface area contributed by atoms with Crippen molar-refractivity contribution in [1.29, 1.82) is 0 Å². The number of rotatable bonds is 8. The Kier molecular flexibility index (Phi) is 7.43. The highest BCUT2D eigenvalue weighted by molar-refractivity contribution is 5.60. The van der Waals surface area contributed by atoms with E-state index in [2.05, 4.69) is 31.0 Å². The van der Waals surface area contributed by atoms with Gasteiger partial charge in [0, 0.05) is 11.8 Å². The van der Waals surface area contributed by atoms with Crippen molar-refractivity contribution in [2.45, 2.75) is 78.1 Å². The molecule has 0 amide bonds. The van der Waals surface area contributed by atoms with Crippen molar-refractivity contribution in [3.63, 3.8) is 0 Å². The summed E-state index contributed by atoms with van der Waals surface area (Å²) in [7, 11) is 0. The van der Waals surface area contributed by atoms with E-state index in [1.807, 2.05) is 18.3 Å². The van der Waals surface area contributed by atoms with E-state index >= 15 is 0 Å². The van der Waals surface area contributed by atoms with Gasteiger partial charge in [0.1, 0.15) is 5.82 Å². The Bertz CT molecular complexity index is 699. The van der Waals surface area contributed by atoms with Gasteiger partial charge in [0.2, 0.25) is 0 Å². The Balaban J connectivity index is 1.57. The van der Waals surface area contributed by atoms with Gasteiger partial charge in [-0.25, -0.2) is 4.39 Å². The molecule has 1 heterocycles. The number of aromatic nitrogens is 1. The summed E-state index contributed by atoms with van der Waals surface area (Å²) in [5, 5.41) is 0. The van der Waals surface area contributed by atoms with Gasteiger partial charge < -0.3 is 0 Å². The van der Waals surface area contributed by atoms with Crippen molar-refractivity contribution in [3.8, 4) is 11.3 Å². The molecule has 1 aliphatic carbocycles. The molecule has 0 aliphatic heterocycles. The summed E-state index contributed by atoms with van der Waals surface area (Å²) in [6, 6.07) is 9.75. The molecule has 0 spiro atoms. The first-order valence-electron chi connectivity index (χ1n) is 10.9. The van der Waals surface area contributed by atoms with E-state index in [0.717, 1.165) is 35.9 Å². The van der Waals surface area contributed by atoms with E-state index in [0.29, 0.717) is 5.56 Å². The maximum atomic E-state index is 14.7. The average Bonchev–Trinajstić information content (AvgIpc) is 2.71. The van der Waals surface area contributed by atoms with E-state index < -0.39 is 0 Å². The molecule has 1 aromatic carbocycles. The topological polar surface area (TPSA) is 12.9 Å². The molecule has 2 heteroatoms. The van der Waals surface area contributed by atoms with Crippen molar-refractivity contribution in [1.82, 2.24) is 4.98 Å². The van der Waals surface area contributed by atoms with Gasteiger partial charge in [-0.15, -0.1) is 0 Å². The van der Waals surface area contributed by atoms with Crippen molar-refractivity contribution in [2.75, 3.05) is 0 Å². The van der Waals surface area contributed by atoms with Gasteiger partial charge in [-0.3, -0.25) is 4.98 Å².